The third-order valence-corrected chi connectivity index (χ3v) is 6.65. The van der Waals surface area contributed by atoms with Gasteiger partial charge in [-0.05, 0) is 53.9 Å². The molecule has 0 spiro atoms. The number of hydrogen-bond acceptors (Lipinski definition) is 7. The number of fused-ring (bicyclic) bond motifs is 1. The molecule has 0 aromatic heterocycles. The molecule has 0 fully saturated rings. The van der Waals surface area contributed by atoms with Crippen LogP contribution in [-0.2, 0) is 32.0 Å². The number of halogens is 1. The van der Waals surface area contributed by atoms with Gasteiger partial charge in [-0.3, -0.25) is 9.59 Å². The monoisotopic (exact) mass is 539 g/mol. The molecule has 1 aliphatic rings. The van der Waals surface area contributed by atoms with Crippen LogP contribution in [0, 0.1) is 0 Å². The third kappa shape index (κ3) is 5.42. The summed E-state index contributed by atoms with van der Waals surface area (Å²) in [6.07, 6.45) is -1.62. The molecule has 2 atom stereocenters. The summed E-state index contributed by atoms with van der Waals surface area (Å²) in [5, 5.41) is 0.471. The first-order valence-electron chi connectivity index (χ1n) is 12.1. The Morgan fingerprint density at radius 1 is 0.974 bits per heavy atom. The zero-order chi connectivity index (χ0) is 27.4. The van der Waals surface area contributed by atoms with E-state index in [4.69, 9.17) is 35.3 Å². The third-order valence-electron chi connectivity index (χ3n) is 6.41. The smallest absolute Gasteiger partial charge is 0.305 e. The van der Waals surface area contributed by atoms with Crippen LogP contribution in [0.1, 0.15) is 42.2 Å². The molecule has 0 N–H and O–H groups in total. The summed E-state index contributed by atoms with van der Waals surface area (Å²) in [6, 6.07) is 16.2. The normalized spacial score (nSPS) is 16.9. The summed E-state index contributed by atoms with van der Waals surface area (Å²) < 4.78 is 28.2. The highest BCUT2D eigenvalue weighted by Crippen LogP contribution is 2.43. The highest BCUT2D eigenvalue weighted by atomic mass is 35.5. The van der Waals surface area contributed by atoms with Gasteiger partial charge in [-0.1, -0.05) is 30.7 Å². The molecule has 1 heterocycles. The molecule has 0 radical (unpaired) electrons. The summed E-state index contributed by atoms with van der Waals surface area (Å²) in [4.78, 5) is 27.5. The quantitative estimate of drug-likeness (QED) is 0.351. The van der Waals surface area contributed by atoms with Gasteiger partial charge in [0.1, 0.15) is 23.4 Å². The van der Waals surface area contributed by atoms with Crippen molar-refractivity contribution in [2.45, 2.75) is 39.2 Å². The van der Waals surface area contributed by atoms with Crippen molar-refractivity contribution in [1.29, 1.82) is 0 Å². The Morgan fingerprint density at radius 2 is 1.74 bits per heavy atom. The average Bonchev–Trinajstić information content (AvgIpc) is 3.02. The second kappa shape index (κ2) is 11.8. The van der Waals surface area contributed by atoms with Crippen LogP contribution in [0.2, 0.25) is 5.02 Å². The lowest BCUT2D eigenvalue weighted by Gasteiger charge is -2.25. The Bertz CT molecular complexity index is 1340. The highest BCUT2D eigenvalue weighted by molar-refractivity contribution is 6.30. The lowest BCUT2D eigenvalue weighted by molar-refractivity contribution is -0.188. The van der Waals surface area contributed by atoms with Crippen molar-refractivity contribution in [2.75, 3.05) is 26.2 Å². The van der Waals surface area contributed by atoms with Crippen LogP contribution in [0.4, 0.5) is 5.69 Å². The molecule has 0 saturated carbocycles. The molecule has 2 unspecified atom stereocenters. The molecule has 4 rings (SSSR count). The minimum absolute atomic E-state index is 0.118. The van der Waals surface area contributed by atoms with Crippen LogP contribution in [0.25, 0.3) is 0 Å². The first kappa shape index (κ1) is 27.3. The minimum Gasteiger partial charge on any atom is -0.497 e. The van der Waals surface area contributed by atoms with E-state index < -0.39 is 24.3 Å². The van der Waals surface area contributed by atoms with Gasteiger partial charge in [0.05, 0.1) is 33.6 Å². The number of esters is 1. The van der Waals surface area contributed by atoms with E-state index in [1.165, 1.54) is 11.8 Å². The number of nitrogens with zero attached hydrogens (tertiary/aromatic N) is 1. The zero-order valence-electron chi connectivity index (χ0n) is 21.9. The molecular formula is C29H30ClNO7. The van der Waals surface area contributed by atoms with E-state index in [-0.39, 0.29) is 6.54 Å². The number of rotatable bonds is 8. The summed E-state index contributed by atoms with van der Waals surface area (Å²) in [6.45, 7) is 3.36. The van der Waals surface area contributed by atoms with Crippen molar-refractivity contribution in [3.63, 3.8) is 0 Å². The lowest BCUT2D eigenvalue weighted by Crippen LogP contribution is -2.41. The standard InChI is InChI=1S/C29H30ClNO7/c1-6-21-22(8-7-9-25(21)35-4)27-23-14-19(30)11-13-24(23)31(28(33)29(38-27)37-17(2)32)16-18-10-12-20(34-3)15-26(18)36-5/h7-15,27,29H,6,16H2,1-5H3. The second-order valence-corrected chi connectivity index (χ2v) is 9.08. The average molecular weight is 540 g/mol. The molecule has 0 aliphatic carbocycles. The van der Waals surface area contributed by atoms with E-state index in [1.54, 1.807) is 51.7 Å². The van der Waals surface area contributed by atoms with E-state index in [9.17, 15) is 9.59 Å². The molecule has 1 amide bonds. The Kier molecular flexibility index (Phi) is 8.44. The van der Waals surface area contributed by atoms with Gasteiger partial charge in [-0.2, -0.15) is 0 Å². The molecule has 0 bridgehead atoms. The molecule has 3 aromatic carbocycles. The topological polar surface area (TPSA) is 83.5 Å². The van der Waals surface area contributed by atoms with E-state index in [1.807, 2.05) is 31.2 Å². The van der Waals surface area contributed by atoms with Crippen molar-refractivity contribution in [3.05, 3.63) is 81.9 Å². The number of carbonyl (C=O) groups is 2. The lowest BCUT2D eigenvalue weighted by atomic mass is 9.93. The van der Waals surface area contributed by atoms with Gasteiger partial charge in [0.25, 0.3) is 12.2 Å². The van der Waals surface area contributed by atoms with Crippen molar-refractivity contribution in [3.8, 4) is 17.2 Å². The minimum atomic E-state index is -1.50. The number of amides is 1. The molecule has 38 heavy (non-hydrogen) atoms. The second-order valence-electron chi connectivity index (χ2n) is 8.64. The Labute approximate surface area is 227 Å². The Balaban J connectivity index is 1.91. The van der Waals surface area contributed by atoms with Gasteiger partial charge in [-0.15, -0.1) is 0 Å². The summed E-state index contributed by atoms with van der Waals surface area (Å²) in [5.41, 5.74) is 3.63. The van der Waals surface area contributed by atoms with Crippen LogP contribution < -0.4 is 19.1 Å². The fraction of sp³-hybridized carbons (Fsp3) is 0.310. The van der Waals surface area contributed by atoms with Gasteiger partial charge in [-0.25, -0.2) is 0 Å². The predicted octanol–water partition coefficient (Wildman–Crippen LogP) is 5.47. The van der Waals surface area contributed by atoms with Gasteiger partial charge in [0, 0.05) is 29.1 Å². The van der Waals surface area contributed by atoms with Crippen LogP contribution in [0.5, 0.6) is 17.2 Å². The zero-order valence-corrected chi connectivity index (χ0v) is 22.7. The largest absolute Gasteiger partial charge is 0.497 e. The van der Waals surface area contributed by atoms with Gasteiger partial charge in [0.2, 0.25) is 0 Å². The van der Waals surface area contributed by atoms with Gasteiger partial charge < -0.3 is 28.6 Å². The van der Waals surface area contributed by atoms with Crippen LogP contribution in [0.15, 0.2) is 54.6 Å². The molecule has 8 nitrogen and oxygen atoms in total. The predicted molar refractivity (Wildman–Crippen MR) is 143 cm³/mol. The molecule has 0 saturated heterocycles. The number of anilines is 1. The molecule has 3 aromatic rings. The molecule has 9 heteroatoms. The maximum atomic E-state index is 13.9. The maximum absolute atomic E-state index is 13.9. The van der Waals surface area contributed by atoms with Gasteiger partial charge in [0.15, 0.2) is 0 Å². The fourth-order valence-corrected chi connectivity index (χ4v) is 4.85. The van der Waals surface area contributed by atoms with Crippen molar-refractivity contribution < 1.29 is 33.3 Å². The van der Waals surface area contributed by atoms with Crippen molar-refractivity contribution in [2.24, 2.45) is 0 Å². The van der Waals surface area contributed by atoms with E-state index in [0.717, 1.165) is 16.7 Å². The van der Waals surface area contributed by atoms with E-state index in [0.29, 0.717) is 39.9 Å². The molecule has 200 valence electrons. The summed E-state index contributed by atoms with van der Waals surface area (Å²) in [5.74, 6) is 0.668. The highest BCUT2D eigenvalue weighted by Gasteiger charge is 2.39. The molecular weight excluding hydrogens is 510 g/mol. The SMILES string of the molecule is CCc1c(OC)cccc1C1OC(OC(C)=O)C(=O)N(Cc2ccc(OC)cc2OC)c2ccc(Cl)cc21. The molecule has 1 aliphatic heterocycles. The fourth-order valence-electron chi connectivity index (χ4n) is 4.67. The first-order chi connectivity index (χ1) is 18.3. The number of ether oxygens (including phenoxy) is 5. The maximum Gasteiger partial charge on any atom is 0.305 e. The number of carbonyl (C=O) groups excluding carboxylic acids is 2. The van der Waals surface area contributed by atoms with E-state index in [2.05, 4.69) is 0 Å². The van der Waals surface area contributed by atoms with Crippen LogP contribution in [-0.4, -0.2) is 39.5 Å². The number of methoxy groups -OCH3 is 3. The number of benzene rings is 3. The van der Waals surface area contributed by atoms with Crippen LogP contribution >= 0.6 is 11.6 Å². The number of hydrogen-bond donors (Lipinski definition) is 0. The van der Waals surface area contributed by atoms with Crippen molar-refractivity contribution >= 4 is 29.2 Å². The van der Waals surface area contributed by atoms with Crippen molar-refractivity contribution in [1.82, 2.24) is 0 Å². The summed E-state index contributed by atoms with van der Waals surface area (Å²) in [7, 11) is 4.72. The van der Waals surface area contributed by atoms with Crippen LogP contribution in [0.3, 0.4) is 0 Å². The first-order valence-corrected chi connectivity index (χ1v) is 12.5. The Hall–Kier alpha value is -3.75. The van der Waals surface area contributed by atoms with E-state index >= 15 is 0 Å². The summed E-state index contributed by atoms with van der Waals surface area (Å²) >= 11 is 6.46. The Morgan fingerprint density at radius 3 is 2.39 bits per heavy atom. The van der Waals surface area contributed by atoms with Gasteiger partial charge >= 0.3 is 5.97 Å².